The van der Waals surface area contributed by atoms with Gasteiger partial charge in [0.2, 0.25) is 0 Å². The first-order chi connectivity index (χ1) is 7.36. The van der Waals surface area contributed by atoms with Crippen LogP contribution in [0, 0.1) is 5.92 Å². The number of aryl methyl sites for hydroxylation is 1. The third-order valence-corrected chi connectivity index (χ3v) is 2.98. The first-order valence-corrected chi connectivity index (χ1v) is 5.60. The predicted molar refractivity (Wildman–Crippen MR) is 58.5 cm³/mol. The van der Waals surface area contributed by atoms with Crippen molar-refractivity contribution in [3.63, 3.8) is 0 Å². The Morgan fingerprint density at radius 2 is 2.33 bits per heavy atom. The molecule has 2 rings (SSSR count). The summed E-state index contributed by atoms with van der Waals surface area (Å²) in [5, 5.41) is 3.36. The second-order valence-electron chi connectivity index (χ2n) is 4.20. The zero-order chi connectivity index (χ0) is 10.5. The summed E-state index contributed by atoms with van der Waals surface area (Å²) in [6.45, 7) is 3.84. The van der Waals surface area contributed by atoms with Crippen LogP contribution >= 0.6 is 0 Å². The van der Waals surface area contributed by atoms with Crippen molar-refractivity contribution in [2.75, 3.05) is 19.7 Å². The Hall–Kier alpha value is -0.870. The fourth-order valence-electron chi connectivity index (χ4n) is 1.90. The third-order valence-electron chi connectivity index (χ3n) is 2.98. The van der Waals surface area contributed by atoms with Crippen molar-refractivity contribution in [3.05, 3.63) is 18.2 Å². The highest BCUT2D eigenvalue weighted by Gasteiger charge is 2.12. The van der Waals surface area contributed by atoms with Gasteiger partial charge in [-0.2, -0.15) is 0 Å². The molecule has 1 fully saturated rings. The van der Waals surface area contributed by atoms with Crippen molar-refractivity contribution in [2.24, 2.45) is 13.0 Å². The molecule has 0 saturated carbocycles. The van der Waals surface area contributed by atoms with E-state index in [1.807, 2.05) is 24.1 Å². The molecule has 1 N–H and O–H groups in total. The molecule has 0 unspecified atom stereocenters. The van der Waals surface area contributed by atoms with Gasteiger partial charge in [0, 0.05) is 7.05 Å². The van der Waals surface area contributed by atoms with Crippen LogP contribution in [0.5, 0.6) is 0 Å². The van der Waals surface area contributed by atoms with Crippen molar-refractivity contribution < 1.29 is 4.74 Å². The molecule has 0 amide bonds. The number of aromatic nitrogens is 2. The lowest BCUT2D eigenvalue weighted by Gasteiger charge is -2.22. The molecule has 0 aliphatic carbocycles. The summed E-state index contributed by atoms with van der Waals surface area (Å²) in [5.41, 5.74) is 1.14. The van der Waals surface area contributed by atoms with Crippen LogP contribution in [0.15, 0.2) is 12.5 Å². The minimum atomic E-state index is 0.681. The van der Waals surface area contributed by atoms with Crippen molar-refractivity contribution in [3.8, 4) is 0 Å². The van der Waals surface area contributed by atoms with Crippen LogP contribution < -0.4 is 5.32 Å². The van der Waals surface area contributed by atoms with Gasteiger partial charge >= 0.3 is 0 Å². The van der Waals surface area contributed by atoms with Gasteiger partial charge in [-0.25, -0.2) is 4.98 Å². The van der Waals surface area contributed by atoms with E-state index in [-0.39, 0.29) is 0 Å². The van der Waals surface area contributed by atoms with Crippen molar-refractivity contribution >= 4 is 0 Å². The monoisotopic (exact) mass is 209 g/mol. The van der Waals surface area contributed by atoms with Gasteiger partial charge in [-0.05, 0) is 31.8 Å². The molecule has 0 bridgehead atoms. The molecular formula is C11H19N3O. The molecule has 1 aliphatic rings. The quantitative estimate of drug-likeness (QED) is 0.802. The third kappa shape index (κ3) is 3.04. The van der Waals surface area contributed by atoms with E-state index in [0.717, 1.165) is 31.3 Å². The van der Waals surface area contributed by atoms with Crippen LogP contribution in [0.3, 0.4) is 0 Å². The van der Waals surface area contributed by atoms with Gasteiger partial charge in [0.1, 0.15) is 0 Å². The molecule has 0 atom stereocenters. The molecule has 1 aliphatic heterocycles. The summed E-state index contributed by atoms with van der Waals surface area (Å²) in [5.74, 6) is 0.736. The normalized spacial score (nSPS) is 18.2. The van der Waals surface area contributed by atoms with Gasteiger partial charge in [0.25, 0.3) is 0 Å². The lowest BCUT2D eigenvalue weighted by Crippen LogP contribution is -2.29. The number of hydrogen-bond donors (Lipinski definition) is 1. The van der Waals surface area contributed by atoms with E-state index in [4.69, 9.17) is 4.74 Å². The molecule has 1 aromatic heterocycles. The van der Waals surface area contributed by atoms with Gasteiger partial charge in [-0.3, -0.25) is 0 Å². The molecule has 4 heteroatoms. The van der Waals surface area contributed by atoms with Crippen LogP contribution in [-0.4, -0.2) is 29.2 Å². The van der Waals surface area contributed by atoms with Crippen molar-refractivity contribution in [1.29, 1.82) is 0 Å². The van der Waals surface area contributed by atoms with E-state index in [2.05, 4.69) is 10.3 Å². The topological polar surface area (TPSA) is 39.1 Å². The van der Waals surface area contributed by atoms with Crippen LogP contribution in [0.4, 0.5) is 0 Å². The Labute approximate surface area is 90.6 Å². The van der Waals surface area contributed by atoms with Gasteiger partial charge in [0.05, 0.1) is 31.4 Å². The minimum Gasteiger partial charge on any atom is -0.375 e. The number of piperidine rings is 1. The number of hydrogen-bond acceptors (Lipinski definition) is 3. The molecule has 0 spiro atoms. The summed E-state index contributed by atoms with van der Waals surface area (Å²) >= 11 is 0. The number of nitrogens with zero attached hydrogens (tertiary/aromatic N) is 2. The van der Waals surface area contributed by atoms with Crippen molar-refractivity contribution in [2.45, 2.75) is 19.4 Å². The van der Waals surface area contributed by atoms with Gasteiger partial charge in [0.15, 0.2) is 0 Å². The lowest BCUT2D eigenvalue weighted by atomic mass is 9.99. The Morgan fingerprint density at radius 3 is 3.00 bits per heavy atom. The maximum Gasteiger partial charge on any atom is 0.0946 e. The smallest absolute Gasteiger partial charge is 0.0946 e. The Morgan fingerprint density at radius 1 is 1.53 bits per heavy atom. The Bertz CT molecular complexity index is 292. The van der Waals surface area contributed by atoms with Gasteiger partial charge in [-0.1, -0.05) is 0 Å². The van der Waals surface area contributed by atoms with Crippen LogP contribution in [0.1, 0.15) is 18.5 Å². The average Bonchev–Trinajstić information content (AvgIpc) is 2.66. The zero-order valence-corrected chi connectivity index (χ0v) is 9.28. The molecule has 4 nitrogen and oxygen atoms in total. The van der Waals surface area contributed by atoms with Crippen LogP contribution in [-0.2, 0) is 18.4 Å². The molecule has 1 aromatic rings. The molecule has 1 saturated heterocycles. The highest BCUT2D eigenvalue weighted by atomic mass is 16.5. The van der Waals surface area contributed by atoms with Crippen molar-refractivity contribution in [1.82, 2.24) is 14.9 Å². The Balaban J connectivity index is 1.68. The summed E-state index contributed by atoms with van der Waals surface area (Å²) < 4.78 is 7.71. The van der Waals surface area contributed by atoms with E-state index >= 15 is 0 Å². The average molecular weight is 209 g/mol. The maximum atomic E-state index is 5.71. The summed E-state index contributed by atoms with van der Waals surface area (Å²) in [6, 6.07) is 0. The molecule has 0 radical (unpaired) electrons. The minimum absolute atomic E-state index is 0.681. The first-order valence-electron chi connectivity index (χ1n) is 5.60. The van der Waals surface area contributed by atoms with E-state index in [1.165, 1.54) is 12.8 Å². The first kappa shape index (κ1) is 10.6. The fourth-order valence-corrected chi connectivity index (χ4v) is 1.90. The summed E-state index contributed by atoms with van der Waals surface area (Å²) in [7, 11) is 2.00. The second-order valence-corrected chi connectivity index (χ2v) is 4.20. The van der Waals surface area contributed by atoms with E-state index in [1.54, 1.807) is 0 Å². The van der Waals surface area contributed by atoms with E-state index in [0.29, 0.717) is 6.61 Å². The number of rotatable bonds is 4. The van der Waals surface area contributed by atoms with Gasteiger partial charge in [-0.15, -0.1) is 0 Å². The van der Waals surface area contributed by atoms with Gasteiger partial charge < -0.3 is 14.6 Å². The van der Waals surface area contributed by atoms with E-state index in [9.17, 15) is 0 Å². The highest BCUT2D eigenvalue weighted by Crippen LogP contribution is 2.12. The Kier molecular flexibility index (Phi) is 3.75. The second kappa shape index (κ2) is 5.28. The lowest BCUT2D eigenvalue weighted by molar-refractivity contribution is 0.0731. The predicted octanol–water partition coefficient (Wildman–Crippen LogP) is 0.936. The SMILES string of the molecule is Cn1cncc1COCC1CCNCC1. The molecule has 2 heterocycles. The van der Waals surface area contributed by atoms with E-state index < -0.39 is 0 Å². The number of ether oxygens (including phenoxy) is 1. The molecule has 84 valence electrons. The largest absolute Gasteiger partial charge is 0.375 e. The number of nitrogens with one attached hydrogen (secondary N) is 1. The molecule has 0 aromatic carbocycles. The summed E-state index contributed by atoms with van der Waals surface area (Å²) in [6.07, 6.45) is 6.16. The molecular weight excluding hydrogens is 190 g/mol. The van der Waals surface area contributed by atoms with Crippen LogP contribution in [0.2, 0.25) is 0 Å². The molecule has 15 heavy (non-hydrogen) atoms. The standard InChI is InChI=1S/C11H19N3O/c1-14-9-13-6-11(14)8-15-7-10-2-4-12-5-3-10/h6,9-10,12H,2-5,7-8H2,1H3. The van der Waals surface area contributed by atoms with Crippen LogP contribution in [0.25, 0.3) is 0 Å². The highest BCUT2D eigenvalue weighted by molar-refractivity contribution is 4.94. The maximum absolute atomic E-state index is 5.71. The fraction of sp³-hybridized carbons (Fsp3) is 0.727. The number of imidazole rings is 1. The zero-order valence-electron chi connectivity index (χ0n) is 9.28. The summed E-state index contributed by atoms with van der Waals surface area (Å²) in [4.78, 5) is 4.06.